The summed E-state index contributed by atoms with van der Waals surface area (Å²) in [6, 6.07) is 13.2. The van der Waals surface area contributed by atoms with Gasteiger partial charge in [0.05, 0.1) is 12.8 Å². The van der Waals surface area contributed by atoms with Gasteiger partial charge in [-0.05, 0) is 38.0 Å². The normalized spacial score (nSPS) is 14.7. The zero-order valence-electron chi connectivity index (χ0n) is 16.6. The Morgan fingerprint density at radius 2 is 1.96 bits per heavy atom. The number of amides is 2. The van der Waals surface area contributed by atoms with Gasteiger partial charge in [-0.1, -0.05) is 29.8 Å². The molecule has 6 heteroatoms. The van der Waals surface area contributed by atoms with Gasteiger partial charge in [0.25, 0.3) is 0 Å². The number of ether oxygens (including phenoxy) is 1. The molecule has 2 N–H and O–H groups in total. The van der Waals surface area contributed by atoms with E-state index in [1.807, 2.05) is 56.3 Å². The summed E-state index contributed by atoms with van der Waals surface area (Å²) in [7, 11) is 1.58. The van der Waals surface area contributed by atoms with Crippen LogP contribution in [0.25, 0.3) is 0 Å². The molecule has 1 saturated heterocycles. The number of nitrogens with zero attached hydrogens (tertiary/aromatic N) is 1. The third-order valence-corrected chi connectivity index (χ3v) is 4.91. The molecule has 1 aliphatic rings. The molecule has 1 heterocycles. The molecule has 0 spiro atoms. The second kappa shape index (κ2) is 8.78. The fraction of sp³-hybridized carbons (Fsp3) is 0.364. The molecule has 1 atom stereocenters. The van der Waals surface area contributed by atoms with Crippen LogP contribution in [0.4, 0.5) is 11.4 Å². The predicted molar refractivity (Wildman–Crippen MR) is 111 cm³/mol. The van der Waals surface area contributed by atoms with Gasteiger partial charge in [0, 0.05) is 31.3 Å². The Labute approximate surface area is 165 Å². The van der Waals surface area contributed by atoms with Crippen molar-refractivity contribution in [2.75, 3.05) is 23.9 Å². The minimum Gasteiger partial charge on any atom is -0.494 e. The quantitative estimate of drug-likeness (QED) is 0.772. The molecule has 0 aliphatic carbocycles. The van der Waals surface area contributed by atoms with E-state index in [0.717, 1.165) is 23.4 Å². The Kier molecular flexibility index (Phi) is 6.19. The topological polar surface area (TPSA) is 70.7 Å². The van der Waals surface area contributed by atoms with Gasteiger partial charge in [-0.2, -0.15) is 0 Å². The van der Waals surface area contributed by atoms with Crippen LogP contribution in [0.2, 0.25) is 0 Å². The molecule has 2 amide bonds. The molecule has 2 aromatic carbocycles. The lowest BCUT2D eigenvalue weighted by Gasteiger charge is -2.21. The molecule has 6 nitrogen and oxygen atoms in total. The summed E-state index contributed by atoms with van der Waals surface area (Å²) in [6.45, 7) is 5.05. The van der Waals surface area contributed by atoms with Gasteiger partial charge in [-0.25, -0.2) is 0 Å². The number of nitrogens with one attached hydrogen (secondary N) is 2. The van der Waals surface area contributed by atoms with Crippen LogP contribution < -0.4 is 20.3 Å². The maximum atomic E-state index is 12.4. The van der Waals surface area contributed by atoms with E-state index in [2.05, 4.69) is 10.6 Å². The summed E-state index contributed by atoms with van der Waals surface area (Å²) >= 11 is 0. The first-order valence-corrected chi connectivity index (χ1v) is 9.56. The van der Waals surface area contributed by atoms with Crippen LogP contribution in [0.3, 0.4) is 0 Å². The molecular weight excluding hydrogens is 354 g/mol. The van der Waals surface area contributed by atoms with Gasteiger partial charge in [0.2, 0.25) is 11.8 Å². The number of aryl methyl sites for hydroxylation is 1. The fourth-order valence-corrected chi connectivity index (χ4v) is 3.26. The van der Waals surface area contributed by atoms with Gasteiger partial charge in [-0.3, -0.25) is 9.59 Å². The van der Waals surface area contributed by atoms with Crippen molar-refractivity contribution in [3.63, 3.8) is 0 Å². The van der Waals surface area contributed by atoms with Crippen molar-refractivity contribution in [2.24, 2.45) is 0 Å². The number of rotatable bonds is 7. The third-order valence-electron chi connectivity index (χ3n) is 4.91. The molecule has 0 saturated carbocycles. The highest BCUT2D eigenvalue weighted by molar-refractivity contribution is 5.97. The lowest BCUT2D eigenvalue weighted by atomic mass is 10.1. The van der Waals surface area contributed by atoms with E-state index in [9.17, 15) is 9.59 Å². The predicted octanol–water partition coefficient (Wildman–Crippen LogP) is 3.25. The molecule has 2 aromatic rings. The largest absolute Gasteiger partial charge is 0.494 e. The molecule has 3 rings (SSSR count). The van der Waals surface area contributed by atoms with E-state index in [4.69, 9.17) is 4.74 Å². The van der Waals surface area contributed by atoms with E-state index in [-0.39, 0.29) is 11.8 Å². The Bertz CT molecular complexity index is 849. The standard InChI is InChI=1S/C22H27N3O3/c1-15-6-8-17(9-7-15)14-23-22(27)16(2)24-18-10-11-19(20(13-18)28-3)25-12-4-5-21(25)26/h6-11,13,16,24H,4-5,12,14H2,1-3H3,(H,23,27). The van der Waals surface area contributed by atoms with Crippen molar-refractivity contribution < 1.29 is 14.3 Å². The molecule has 0 radical (unpaired) electrons. The second-order valence-electron chi connectivity index (χ2n) is 7.10. The molecule has 1 unspecified atom stereocenters. The lowest BCUT2D eigenvalue weighted by molar-refractivity contribution is -0.121. The van der Waals surface area contributed by atoms with Crippen molar-refractivity contribution >= 4 is 23.2 Å². The summed E-state index contributed by atoms with van der Waals surface area (Å²) in [6.07, 6.45) is 1.43. The van der Waals surface area contributed by atoms with Crippen LogP contribution in [0.1, 0.15) is 30.9 Å². The van der Waals surface area contributed by atoms with Crippen molar-refractivity contribution in [1.82, 2.24) is 5.32 Å². The van der Waals surface area contributed by atoms with Gasteiger partial charge >= 0.3 is 0 Å². The molecule has 148 valence electrons. The number of anilines is 2. The van der Waals surface area contributed by atoms with E-state index < -0.39 is 6.04 Å². The maximum absolute atomic E-state index is 12.4. The number of carbonyl (C=O) groups is 2. The van der Waals surface area contributed by atoms with Crippen molar-refractivity contribution in [2.45, 2.75) is 39.3 Å². The first-order valence-electron chi connectivity index (χ1n) is 9.56. The SMILES string of the molecule is COc1cc(NC(C)C(=O)NCc2ccc(C)cc2)ccc1N1CCCC1=O. The number of hydrogen-bond acceptors (Lipinski definition) is 4. The monoisotopic (exact) mass is 381 g/mol. The Morgan fingerprint density at radius 3 is 2.61 bits per heavy atom. The Hall–Kier alpha value is -3.02. The van der Waals surface area contributed by atoms with Crippen molar-refractivity contribution in [3.05, 3.63) is 53.6 Å². The average Bonchev–Trinajstić information content (AvgIpc) is 3.12. The van der Waals surface area contributed by atoms with Crippen LogP contribution in [0.15, 0.2) is 42.5 Å². The zero-order valence-corrected chi connectivity index (χ0v) is 16.6. The van der Waals surface area contributed by atoms with Crippen LogP contribution in [0.5, 0.6) is 5.75 Å². The van der Waals surface area contributed by atoms with Gasteiger partial charge in [-0.15, -0.1) is 0 Å². The van der Waals surface area contributed by atoms with Crippen LogP contribution >= 0.6 is 0 Å². The van der Waals surface area contributed by atoms with E-state index in [1.165, 1.54) is 5.56 Å². The van der Waals surface area contributed by atoms with Gasteiger partial charge < -0.3 is 20.3 Å². The molecule has 0 aromatic heterocycles. The smallest absolute Gasteiger partial charge is 0.242 e. The van der Waals surface area contributed by atoms with Crippen LogP contribution in [0, 0.1) is 6.92 Å². The lowest BCUT2D eigenvalue weighted by Crippen LogP contribution is -2.37. The minimum absolute atomic E-state index is 0.0849. The summed E-state index contributed by atoms with van der Waals surface area (Å²) in [5.41, 5.74) is 3.79. The summed E-state index contributed by atoms with van der Waals surface area (Å²) < 4.78 is 5.47. The highest BCUT2D eigenvalue weighted by atomic mass is 16.5. The first kappa shape index (κ1) is 19.7. The molecule has 1 fully saturated rings. The Balaban J connectivity index is 1.61. The molecule has 1 aliphatic heterocycles. The van der Waals surface area contributed by atoms with E-state index >= 15 is 0 Å². The third kappa shape index (κ3) is 4.63. The summed E-state index contributed by atoms with van der Waals surface area (Å²) in [5, 5.41) is 6.14. The number of hydrogen-bond donors (Lipinski definition) is 2. The minimum atomic E-state index is -0.408. The second-order valence-corrected chi connectivity index (χ2v) is 7.10. The molecule has 0 bridgehead atoms. The number of benzene rings is 2. The molecule has 28 heavy (non-hydrogen) atoms. The van der Waals surface area contributed by atoms with Gasteiger partial charge in [0.1, 0.15) is 11.8 Å². The summed E-state index contributed by atoms with van der Waals surface area (Å²) in [4.78, 5) is 26.2. The first-order chi connectivity index (χ1) is 13.5. The van der Waals surface area contributed by atoms with Crippen molar-refractivity contribution in [3.8, 4) is 5.75 Å². The van der Waals surface area contributed by atoms with Crippen LogP contribution in [-0.2, 0) is 16.1 Å². The highest BCUT2D eigenvalue weighted by Gasteiger charge is 2.24. The number of carbonyl (C=O) groups excluding carboxylic acids is 2. The zero-order chi connectivity index (χ0) is 20.1. The van der Waals surface area contributed by atoms with Crippen molar-refractivity contribution in [1.29, 1.82) is 0 Å². The maximum Gasteiger partial charge on any atom is 0.242 e. The highest BCUT2D eigenvalue weighted by Crippen LogP contribution is 2.34. The number of methoxy groups -OCH3 is 1. The average molecular weight is 381 g/mol. The fourth-order valence-electron chi connectivity index (χ4n) is 3.26. The van der Waals surface area contributed by atoms with E-state index in [0.29, 0.717) is 25.3 Å². The summed E-state index contributed by atoms with van der Waals surface area (Å²) in [5.74, 6) is 0.647. The molecular formula is C22H27N3O3. The van der Waals surface area contributed by atoms with E-state index in [1.54, 1.807) is 12.0 Å². The Morgan fingerprint density at radius 1 is 1.21 bits per heavy atom. The van der Waals surface area contributed by atoms with Crippen LogP contribution in [-0.4, -0.2) is 31.5 Å². The van der Waals surface area contributed by atoms with Gasteiger partial charge in [0.15, 0.2) is 0 Å².